The molecule has 0 unspecified atom stereocenters. The Morgan fingerprint density at radius 2 is 2.00 bits per heavy atom. The molecule has 0 radical (unpaired) electrons. The van der Waals surface area contributed by atoms with Crippen molar-refractivity contribution in [2.24, 2.45) is 0 Å². The topological polar surface area (TPSA) is 55.1 Å². The molecule has 0 bridgehead atoms. The van der Waals surface area contributed by atoms with Crippen LogP contribution >= 0.6 is 0 Å². The van der Waals surface area contributed by atoms with E-state index in [0.29, 0.717) is 12.1 Å². The lowest BCUT2D eigenvalue weighted by Gasteiger charge is -2.08. The number of anilines is 1. The molecule has 4 heteroatoms. The van der Waals surface area contributed by atoms with Gasteiger partial charge < -0.3 is 11.1 Å². The van der Waals surface area contributed by atoms with Gasteiger partial charge in [0.2, 0.25) is 0 Å². The van der Waals surface area contributed by atoms with Crippen LogP contribution in [-0.2, 0) is 6.54 Å². The van der Waals surface area contributed by atoms with Crippen LogP contribution in [0, 0.1) is 19.7 Å². The van der Waals surface area contributed by atoms with E-state index in [1.165, 1.54) is 12.1 Å². The Morgan fingerprint density at radius 1 is 1.25 bits per heavy atom. The van der Waals surface area contributed by atoms with Crippen LogP contribution in [0.3, 0.4) is 0 Å². The summed E-state index contributed by atoms with van der Waals surface area (Å²) in [6.07, 6.45) is 0. The number of hydrogen-bond donors (Lipinski definition) is 2. The van der Waals surface area contributed by atoms with Gasteiger partial charge in [-0.05, 0) is 31.5 Å². The highest BCUT2D eigenvalue weighted by atomic mass is 19.1. The molecule has 0 heterocycles. The second-order valence-corrected chi connectivity index (χ2v) is 4.84. The van der Waals surface area contributed by atoms with E-state index in [1.807, 2.05) is 31.2 Å². The summed E-state index contributed by atoms with van der Waals surface area (Å²) in [5, 5.41) is 2.76. The van der Waals surface area contributed by atoms with Gasteiger partial charge in [-0.15, -0.1) is 0 Å². The van der Waals surface area contributed by atoms with Gasteiger partial charge in [0.1, 0.15) is 5.82 Å². The van der Waals surface area contributed by atoms with E-state index >= 15 is 0 Å². The molecular weight excluding hydrogens is 255 g/mol. The molecule has 104 valence electrons. The summed E-state index contributed by atoms with van der Waals surface area (Å²) in [6.45, 7) is 3.97. The van der Waals surface area contributed by atoms with Gasteiger partial charge in [0, 0.05) is 23.4 Å². The SMILES string of the molecule is Cc1cccc(CNC(=O)c2cc(N)c(C)c(F)c2)c1. The van der Waals surface area contributed by atoms with Gasteiger partial charge >= 0.3 is 0 Å². The zero-order chi connectivity index (χ0) is 14.7. The lowest BCUT2D eigenvalue weighted by atomic mass is 10.1. The fourth-order valence-electron chi connectivity index (χ4n) is 1.94. The largest absolute Gasteiger partial charge is 0.398 e. The number of nitrogen functional groups attached to an aromatic ring is 1. The molecule has 2 aromatic rings. The lowest BCUT2D eigenvalue weighted by molar-refractivity contribution is 0.0950. The van der Waals surface area contributed by atoms with Crippen molar-refractivity contribution in [1.82, 2.24) is 5.32 Å². The summed E-state index contributed by atoms with van der Waals surface area (Å²) in [4.78, 5) is 12.0. The van der Waals surface area contributed by atoms with Gasteiger partial charge in [0.15, 0.2) is 0 Å². The molecule has 20 heavy (non-hydrogen) atoms. The van der Waals surface area contributed by atoms with Crippen LogP contribution in [0.25, 0.3) is 0 Å². The van der Waals surface area contributed by atoms with Crippen LogP contribution < -0.4 is 11.1 Å². The molecule has 3 nitrogen and oxygen atoms in total. The standard InChI is InChI=1S/C16H17FN2O/c1-10-4-3-5-12(6-10)9-19-16(20)13-7-14(17)11(2)15(18)8-13/h3-8H,9,18H2,1-2H3,(H,19,20). The highest BCUT2D eigenvalue weighted by Crippen LogP contribution is 2.17. The molecule has 1 amide bonds. The third kappa shape index (κ3) is 3.15. The summed E-state index contributed by atoms with van der Waals surface area (Å²) in [5.74, 6) is -0.803. The number of carbonyl (C=O) groups is 1. The Balaban J connectivity index is 2.09. The van der Waals surface area contributed by atoms with E-state index in [1.54, 1.807) is 6.92 Å². The van der Waals surface area contributed by atoms with Gasteiger partial charge in [-0.25, -0.2) is 4.39 Å². The normalized spacial score (nSPS) is 10.3. The maximum Gasteiger partial charge on any atom is 0.251 e. The number of nitrogens with two attached hydrogens (primary N) is 1. The highest BCUT2D eigenvalue weighted by Gasteiger charge is 2.10. The van der Waals surface area contributed by atoms with Crippen molar-refractivity contribution < 1.29 is 9.18 Å². The number of aryl methyl sites for hydroxylation is 1. The third-order valence-corrected chi connectivity index (χ3v) is 3.18. The molecule has 0 atom stereocenters. The summed E-state index contributed by atoms with van der Waals surface area (Å²) in [5.41, 5.74) is 8.67. The first-order valence-electron chi connectivity index (χ1n) is 6.36. The smallest absolute Gasteiger partial charge is 0.251 e. The van der Waals surface area contributed by atoms with Crippen LogP contribution in [0.15, 0.2) is 36.4 Å². The van der Waals surface area contributed by atoms with Crippen molar-refractivity contribution in [3.8, 4) is 0 Å². The minimum absolute atomic E-state index is 0.234. The fourth-order valence-corrected chi connectivity index (χ4v) is 1.94. The molecule has 2 aromatic carbocycles. The number of amides is 1. The average molecular weight is 272 g/mol. The van der Waals surface area contributed by atoms with Crippen LogP contribution in [0.2, 0.25) is 0 Å². The van der Waals surface area contributed by atoms with Gasteiger partial charge in [0.05, 0.1) is 0 Å². The summed E-state index contributed by atoms with van der Waals surface area (Å²) < 4.78 is 13.6. The first-order chi connectivity index (χ1) is 9.47. The van der Waals surface area contributed by atoms with Gasteiger partial charge in [0.25, 0.3) is 5.91 Å². The molecule has 2 rings (SSSR count). The lowest BCUT2D eigenvalue weighted by Crippen LogP contribution is -2.23. The van der Waals surface area contributed by atoms with Gasteiger partial charge in [-0.1, -0.05) is 29.8 Å². The maximum absolute atomic E-state index is 13.6. The number of halogens is 1. The van der Waals surface area contributed by atoms with E-state index in [0.717, 1.165) is 11.1 Å². The molecule has 0 aliphatic rings. The maximum atomic E-state index is 13.6. The molecular formula is C16H17FN2O. The zero-order valence-corrected chi connectivity index (χ0v) is 11.5. The minimum Gasteiger partial charge on any atom is -0.398 e. The highest BCUT2D eigenvalue weighted by molar-refractivity contribution is 5.95. The van der Waals surface area contributed by atoms with Crippen LogP contribution in [0.5, 0.6) is 0 Å². The van der Waals surface area contributed by atoms with E-state index < -0.39 is 5.82 Å². The number of nitrogens with one attached hydrogen (secondary N) is 1. The predicted molar refractivity (Wildman–Crippen MR) is 77.9 cm³/mol. The Hall–Kier alpha value is -2.36. The van der Waals surface area contributed by atoms with E-state index in [4.69, 9.17) is 5.73 Å². The summed E-state index contributed by atoms with van der Waals surface area (Å²) in [6, 6.07) is 10.5. The zero-order valence-electron chi connectivity index (χ0n) is 11.5. The Morgan fingerprint density at radius 3 is 2.65 bits per heavy atom. The quantitative estimate of drug-likeness (QED) is 0.844. The van der Waals surface area contributed by atoms with E-state index in [9.17, 15) is 9.18 Å². The monoisotopic (exact) mass is 272 g/mol. The van der Waals surface area contributed by atoms with E-state index in [2.05, 4.69) is 5.32 Å². The number of carbonyl (C=O) groups excluding carboxylic acids is 1. The second-order valence-electron chi connectivity index (χ2n) is 4.84. The van der Waals surface area contributed by atoms with Crippen molar-refractivity contribution in [3.63, 3.8) is 0 Å². The molecule has 0 aliphatic heterocycles. The molecule has 0 fully saturated rings. The first-order valence-corrected chi connectivity index (χ1v) is 6.36. The summed E-state index contributed by atoms with van der Waals surface area (Å²) >= 11 is 0. The number of benzene rings is 2. The average Bonchev–Trinajstić information content (AvgIpc) is 2.41. The molecule has 0 aliphatic carbocycles. The van der Waals surface area contributed by atoms with Crippen molar-refractivity contribution in [3.05, 3.63) is 64.5 Å². The second kappa shape index (κ2) is 5.74. The molecule has 0 saturated heterocycles. The molecule has 0 aromatic heterocycles. The van der Waals surface area contributed by atoms with E-state index in [-0.39, 0.29) is 17.2 Å². The Kier molecular flexibility index (Phi) is 4.03. The number of hydrogen-bond acceptors (Lipinski definition) is 2. The van der Waals surface area contributed by atoms with Gasteiger partial charge in [-0.2, -0.15) is 0 Å². The van der Waals surface area contributed by atoms with Crippen LogP contribution in [-0.4, -0.2) is 5.91 Å². The van der Waals surface area contributed by atoms with Crippen molar-refractivity contribution in [2.45, 2.75) is 20.4 Å². The van der Waals surface area contributed by atoms with Crippen LogP contribution in [0.1, 0.15) is 27.0 Å². The minimum atomic E-state index is -0.467. The van der Waals surface area contributed by atoms with Crippen molar-refractivity contribution in [2.75, 3.05) is 5.73 Å². The third-order valence-electron chi connectivity index (χ3n) is 3.18. The predicted octanol–water partition coefficient (Wildman–Crippen LogP) is 2.95. The van der Waals surface area contributed by atoms with Crippen LogP contribution in [0.4, 0.5) is 10.1 Å². The van der Waals surface area contributed by atoms with Crippen molar-refractivity contribution in [1.29, 1.82) is 0 Å². The molecule has 0 spiro atoms. The summed E-state index contributed by atoms with van der Waals surface area (Å²) in [7, 11) is 0. The Labute approximate surface area is 117 Å². The molecule has 0 saturated carbocycles. The van der Waals surface area contributed by atoms with Crippen molar-refractivity contribution >= 4 is 11.6 Å². The molecule has 3 N–H and O–H groups in total. The number of rotatable bonds is 3. The first kappa shape index (κ1) is 14.1. The Bertz CT molecular complexity index is 630. The van der Waals surface area contributed by atoms with Gasteiger partial charge in [-0.3, -0.25) is 4.79 Å². The fraction of sp³-hybridized carbons (Fsp3) is 0.188.